The first kappa shape index (κ1) is 20.6. The number of alkyl halides is 3. The van der Waals surface area contributed by atoms with Crippen molar-refractivity contribution in [1.82, 2.24) is 0 Å². The van der Waals surface area contributed by atoms with Gasteiger partial charge in [-0.3, -0.25) is 4.99 Å². The van der Waals surface area contributed by atoms with E-state index < -0.39 is 17.1 Å². The third kappa shape index (κ3) is 4.56. The Morgan fingerprint density at radius 2 is 1.37 bits per heavy atom. The molecule has 0 amide bonds. The molecule has 1 aliphatic heterocycles. The molecular formula is C23H16F5NS. The van der Waals surface area contributed by atoms with Gasteiger partial charge in [0.25, 0.3) is 0 Å². The summed E-state index contributed by atoms with van der Waals surface area (Å²) in [6.45, 7) is 0. The Bertz CT molecular complexity index is 1050. The summed E-state index contributed by atoms with van der Waals surface area (Å²) in [6.07, 6.45) is 1.15. The molecule has 0 aliphatic carbocycles. The van der Waals surface area contributed by atoms with Gasteiger partial charge in [-0.25, -0.2) is 8.78 Å². The Balaban J connectivity index is 1.51. The minimum Gasteiger partial charge on any atom is -0.281 e. The average Bonchev–Trinajstić information content (AvgIpc) is 3.17. The van der Waals surface area contributed by atoms with Gasteiger partial charge in [0.1, 0.15) is 11.6 Å². The van der Waals surface area contributed by atoms with Gasteiger partial charge in [0.15, 0.2) is 0 Å². The smallest absolute Gasteiger partial charge is 0.281 e. The van der Waals surface area contributed by atoms with E-state index in [1.807, 2.05) is 24.3 Å². The van der Waals surface area contributed by atoms with Gasteiger partial charge in [0, 0.05) is 10.6 Å². The summed E-state index contributed by atoms with van der Waals surface area (Å²) in [7, 11) is 0. The molecule has 3 aromatic carbocycles. The van der Waals surface area contributed by atoms with Crippen molar-refractivity contribution in [2.24, 2.45) is 4.99 Å². The third-order valence-electron chi connectivity index (χ3n) is 4.93. The first-order chi connectivity index (χ1) is 14.3. The van der Waals surface area contributed by atoms with Crippen molar-refractivity contribution in [3.05, 3.63) is 89.5 Å². The molecule has 0 N–H and O–H groups in total. The lowest BCUT2D eigenvalue weighted by atomic mass is 9.99. The van der Waals surface area contributed by atoms with E-state index in [0.717, 1.165) is 16.7 Å². The number of hydrogen-bond donors (Lipinski definition) is 0. The predicted octanol–water partition coefficient (Wildman–Crippen LogP) is 7.57. The van der Waals surface area contributed by atoms with E-state index in [1.165, 1.54) is 30.3 Å². The van der Waals surface area contributed by atoms with Crippen LogP contribution in [0.4, 0.5) is 22.0 Å². The van der Waals surface area contributed by atoms with E-state index in [2.05, 4.69) is 4.99 Å². The van der Waals surface area contributed by atoms with E-state index in [1.54, 1.807) is 12.1 Å². The summed E-state index contributed by atoms with van der Waals surface area (Å²) >= 11 is -0.144. The first-order valence-corrected chi connectivity index (χ1v) is 10.1. The highest BCUT2D eigenvalue weighted by Crippen LogP contribution is 2.38. The van der Waals surface area contributed by atoms with Crippen LogP contribution in [0.1, 0.15) is 30.0 Å². The zero-order valence-electron chi connectivity index (χ0n) is 15.6. The van der Waals surface area contributed by atoms with E-state index >= 15 is 0 Å². The van der Waals surface area contributed by atoms with Gasteiger partial charge in [-0.1, -0.05) is 42.5 Å². The van der Waals surface area contributed by atoms with Crippen molar-refractivity contribution in [1.29, 1.82) is 0 Å². The number of aliphatic imine (C=N–C) groups is 1. The van der Waals surface area contributed by atoms with Crippen LogP contribution in [0.5, 0.6) is 0 Å². The number of rotatable bonds is 4. The van der Waals surface area contributed by atoms with Crippen LogP contribution < -0.4 is 0 Å². The fraction of sp³-hybridized carbons (Fsp3) is 0.174. The number of thioether (sulfide) groups is 1. The molecule has 0 bridgehead atoms. The molecular weight excluding hydrogens is 417 g/mol. The van der Waals surface area contributed by atoms with Crippen molar-refractivity contribution in [3.8, 4) is 11.1 Å². The average molecular weight is 433 g/mol. The number of nitrogens with zero attached hydrogens (tertiary/aromatic N) is 1. The molecule has 1 atom stereocenters. The standard InChI is InChI=1S/C23H16F5NS/c24-18-2-1-3-19(25)22(18)21-13-12-20(29-21)16-6-4-14(5-7-16)15-8-10-17(11-9-15)30-23(26,27)28/h1-11,20H,12-13H2/t20-/m0/s1. The second-order valence-corrected chi connectivity index (χ2v) is 8.06. The number of halogens is 5. The highest BCUT2D eigenvalue weighted by Gasteiger charge is 2.29. The molecule has 3 aromatic rings. The molecule has 7 heteroatoms. The second kappa shape index (κ2) is 8.22. The van der Waals surface area contributed by atoms with Gasteiger partial charge < -0.3 is 0 Å². The maximum atomic E-state index is 14.0. The maximum Gasteiger partial charge on any atom is 0.446 e. The van der Waals surface area contributed by atoms with Crippen molar-refractivity contribution in [2.75, 3.05) is 0 Å². The lowest BCUT2D eigenvalue weighted by Crippen LogP contribution is -2.03. The Labute approximate surface area is 174 Å². The lowest BCUT2D eigenvalue weighted by molar-refractivity contribution is -0.0328. The molecule has 0 aromatic heterocycles. The fourth-order valence-electron chi connectivity index (χ4n) is 3.54. The molecule has 0 spiro atoms. The number of hydrogen-bond acceptors (Lipinski definition) is 2. The summed E-state index contributed by atoms with van der Waals surface area (Å²) in [6, 6.07) is 17.3. The van der Waals surface area contributed by atoms with Crippen LogP contribution in [-0.2, 0) is 0 Å². The van der Waals surface area contributed by atoms with E-state index in [0.29, 0.717) is 18.6 Å². The summed E-state index contributed by atoms with van der Waals surface area (Å²) in [4.78, 5) is 4.66. The van der Waals surface area contributed by atoms with Gasteiger partial charge in [0.05, 0.1) is 11.6 Å². The minimum absolute atomic E-state index is 0.0616. The second-order valence-electron chi connectivity index (χ2n) is 6.92. The van der Waals surface area contributed by atoms with Gasteiger partial charge >= 0.3 is 5.51 Å². The van der Waals surface area contributed by atoms with E-state index in [9.17, 15) is 22.0 Å². The van der Waals surface area contributed by atoms with Gasteiger partial charge in [-0.2, -0.15) is 13.2 Å². The predicted molar refractivity (Wildman–Crippen MR) is 109 cm³/mol. The van der Waals surface area contributed by atoms with Crippen LogP contribution in [0.25, 0.3) is 11.1 Å². The van der Waals surface area contributed by atoms with Crippen molar-refractivity contribution < 1.29 is 22.0 Å². The normalized spacial score (nSPS) is 16.6. The number of benzene rings is 3. The first-order valence-electron chi connectivity index (χ1n) is 9.27. The molecule has 1 heterocycles. The van der Waals surface area contributed by atoms with Crippen molar-refractivity contribution in [2.45, 2.75) is 29.3 Å². The third-order valence-corrected chi connectivity index (χ3v) is 5.67. The molecule has 1 aliphatic rings. The largest absolute Gasteiger partial charge is 0.446 e. The van der Waals surface area contributed by atoms with Crippen LogP contribution in [0.2, 0.25) is 0 Å². The van der Waals surface area contributed by atoms with Crippen LogP contribution in [0.15, 0.2) is 76.6 Å². The molecule has 0 radical (unpaired) electrons. The zero-order chi connectivity index (χ0) is 21.3. The van der Waals surface area contributed by atoms with Crippen LogP contribution in [0, 0.1) is 11.6 Å². The molecule has 1 nitrogen and oxygen atoms in total. The molecule has 4 rings (SSSR count). The van der Waals surface area contributed by atoms with Crippen molar-refractivity contribution >= 4 is 17.5 Å². The van der Waals surface area contributed by atoms with E-state index in [4.69, 9.17) is 0 Å². The highest BCUT2D eigenvalue weighted by molar-refractivity contribution is 8.00. The molecule has 0 saturated heterocycles. The topological polar surface area (TPSA) is 12.4 Å². The SMILES string of the molecule is Fc1cccc(F)c1C1=N[C@H](c2ccc(-c3ccc(SC(F)(F)F)cc3)cc2)CC1. The summed E-state index contributed by atoms with van der Waals surface area (Å²) in [5, 5.41) is 0. The monoisotopic (exact) mass is 433 g/mol. The van der Waals surface area contributed by atoms with Gasteiger partial charge in [-0.05, 0) is 65.6 Å². The molecule has 0 fully saturated rings. The highest BCUT2D eigenvalue weighted by atomic mass is 32.2. The van der Waals surface area contributed by atoms with Crippen LogP contribution in [0.3, 0.4) is 0 Å². The van der Waals surface area contributed by atoms with Crippen molar-refractivity contribution in [3.63, 3.8) is 0 Å². The van der Waals surface area contributed by atoms with Crippen LogP contribution in [-0.4, -0.2) is 11.2 Å². The van der Waals surface area contributed by atoms with E-state index in [-0.39, 0.29) is 28.3 Å². The Kier molecular flexibility index (Phi) is 5.64. The summed E-state index contributed by atoms with van der Waals surface area (Å²) in [5.41, 5.74) is -1.35. The zero-order valence-corrected chi connectivity index (χ0v) is 16.4. The summed E-state index contributed by atoms with van der Waals surface area (Å²) < 4.78 is 65.4. The molecule has 154 valence electrons. The summed E-state index contributed by atoms with van der Waals surface area (Å²) in [5.74, 6) is -1.23. The Morgan fingerprint density at radius 3 is 1.93 bits per heavy atom. The molecule has 0 saturated carbocycles. The molecule has 30 heavy (non-hydrogen) atoms. The van der Waals surface area contributed by atoms with Crippen LogP contribution >= 0.6 is 11.8 Å². The molecule has 0 unspecified atom stereocenters. The quantitative estimate of drug-likeness (QED) is 0.305. The maximum absolute atomic E-state index is 14.0. The van der Waals surface area contributed by atoms with Gasteiger partial charge in [-0.15, -0.1) is 0 Å². The van der Waals surface area contributed by atoms with Gasteiger partial charge in [0.2, 0.25) is 0 Å². The minimum atomic E-state index is -4.31. The fourth-order valence-corrected chi connectivity index (χ4v) is 4.08. The Hall–Kier alpha value is -2.67. The Morgan fingerprint density at radius 1 is 0.800 bits per heavy atom. The lowest BCUT2D eigenvalue weighted by Gasteiger charge is -2.10.